The molecule has 1 N–H and O–H groups in total. The molecule has 2 atom stereocenters. The van der Waals surface area contributed by atoms with Gasteiger partial charge in [-0.25, -0.2) is 0 Å². The minimum absolute atomic E-state index is 0.0753. The van der Waals surface area contributed by atoms with Crippen molar-refractivity contribution in [1.82, 2.24) is 19.8 Å². The van der Waals surface area contributed by atoms with Gasteiger partial charge in [0.05, 0.1) is 37.7 Å². The molecular weight excluding hydrogens is 408 g/mol. The molecule has 4 heterocycles. The summed E-state index contributed by atoms with van der Waals surface area (Å²) in [4.78, 5) is 6.78. The topological polar surface area (TPSA) is 55.5 Å². The van der Waals surface area contributed by atoms with E-state index in [1.807, 2.05) is 54.7 Å². The molecule has 1 aromatic carbocycles. The van der Waals surface area contributed by atoms with Crippen molar-refractivity contribution in [2.75, 3.05) is 7.11 Å². The van der Waals surface area contributed by atoms with E-state index in [4.69, 9.17) is 21.4 Å². The number of furan rings is 1. The maximum Gasteiger partial charge on any atom is 0.170 e. The van der Waals surface area contributed by atoms with E-state index in [0.717, 1.165) is 28.6 Å². The van der Waals surface area contributed by atoms with Gasteiger partial charge in [-0.3, -0.25) is 4.98 Å². The lowest BCUT2D eigenvalue weighted by Gasteiger charge is -2.28. The minimum Gasteiger partial charge on any atom is -0.497 e. The number of hydrogen-bond donors (Lipinski definition) is 1. The quantitative estimate of drug-likeness (QED) is 0.450. The Balaban J connectivity index is 1.60. The average Bonchev–Trinajstić information content (AvgIpc) is 3.56. The molecule has 4 aromatic rings. The predicted octanol–water partition coefficient (Wildman–Crippen LogP) is 4.65. The second-order valence-electron chi connectivity index (χ2n) is 7.34. The summed E-state index contributed by atoms with van der Waals surface area (Å²) < 4.78 is 13.2. The molecule has 7 heteroatoms. The van der Waals surface area contributed by atoms with Crippen molar-refractivity contribution in [2.45, 2.75) is 18.6 Å². The lowest BCUT2D eigenvalue weighted by molar-refractivity contribution is 0.280. The summed E-state index contributed by atoms with van der Waals surface area (Å²) in [6.45, 7) is 0.566. The first-order valence-corrected chi connectivity index (χ1v) is 10.5. The third-order valence-electron chi connectivity index (χ3n) is 5.52. The van der Waals surface area contributed by atoms with Gasteiger partial charge in [0.25, 0.3) is 0 Å². The number of aromatic nitrogens is 2. The fraction of sp³-hybridized carbons (Fsp3) is 0.167. The minimum atomic E-state index is -0.0945. The molecule has 0 saturated carbocycles. The summed E-state index contributed by atoms with van der Waals surface area (Å²) >= 11 is 5.76. The Morgan fingerprint density at radius 1 is 1.10 bits per heavy atom. The number of methoxy groups -OCH3 is 1. The highest BCUT2D eigenvalue weighted by atomic mass is 32.1. The fourth-order valence-electron chi connectivity index (χ4n) is 4.10. The lowest BCUT2D eigenvalue weighted by atomic mass is 10.0. The van der Waals surface area contributed by atoms with Crippen LogP contribution in [0.1, 0.15) is 29.2 Å². The molecule has 1 fully saturated rings. The van der Waals surface area contributed by atoms with Crippen molar-refractivity contribution in [1.29, 1.82) is 0 Å². The lowest BCUT2D eigenvalue weighted by Crippen LogP contribution is -2.29. The summed E-state index contributed by atoms with van der Waals surface area (Å²) in [7, 11) is 1.68. The average molecular weight is 431 g/mol. The molecule has 31 heavy (non-hydrogen) atoms. The van der Waals surface area contributed by atoms with Crippen molar-refractivity contribution in [3.8, 4) is 11.4 Å². The molecule has 0 spiro atoms. The first-order chi connectivity index (χ1) is 15.2. The molecule has 0 bridgehead atoms. The standard InChI is InChI=1S/C24H22N4O2S/c1-29-18-8-4-7-17(15-18)27-13-5-11-21(27)23-22(20-10-2-3-12-25-20)26-24(31)28(23)16-19-9-6-14-30-19/h2-15,22-23H,16H2,1H3,(H,26,31)/t22-,23-/m0/s1. The number of nitrogens with zero attached hydrogens (tertiary/aromatic N) is 3. The van der Waals surface area contributed by atoms with Crippen LogP contribution in [0.5, 0.6) is 5.75 Å². The van der Waals surface area contributed by atoms with E-state index in [0.29, 0.717) is 11.7 Å². The molecule has 0 unspecified atom stereocenters. The number of benzene rings is 1. The highest BCUT2D eigenvalue weighted by Gasteiger charge is 2.41. The number of nitrogens with one attached hydrogen (secondary N) is 1. The Kier molecular flexibility index (Phi) is 5.18. The molecule has 1 aliphatic rings. The van der Waals surface area contributed by atoms with Crippen molar-refractivity contribution in [2.24, 2.45) is 0 Å². The Morgan fingerprint density at radius 3 is 2.81 bits per heavy atom. The van der Waals surface area contributed by atoms with Gasteiger partial charge in [-0.15, -0.1) is 0 Å². The van der Waals surface area contributed by atoms with Gasteiger partial charge < -0.3 is 23.9 Å². The Labute approximate surface area is 186 Å². The second-order valence-corrected chi connectivity index (χ2v) is 7.73. The number of pyridine rings is 1. The van der Waals surface area contributed by atoms with Gasteiger partial charge in [0.1, 0.15) is 11.5 Å². The first kappa shape index (κ1) is 19.4. The second kappa shape index (κ2) is 8.28. The molecule has 0 amide bonds. The van der Waals surface area contributed by atoms with Gasteiger partial charge in [0, 0.05) is 29.8 Å². The van der Waals surface area contributed by atoms with Crippen LogP contribution in [-0.2, 0) is 6.54 Å². The van der Waals surface area contributed by atoms with Crippen molar-refractivity contribution in [3.05, 3.63) is 103 Å². The summed E-state index contributed by atoms with van der Waals surface area (Å²) in [6, 6.07) is 21.9. The van der Waals surface area contributed by atoms with Gasteiger partial charge in [-0.1, -0.05) is 12.1 Å². The molecule has 1 saturated heterocycles. The highest BCUT2D eigenvalue weighted by Crippen LogP contribution is 2.40. The molecule has 156 valence electrons. The van der Waals surface area contributed by atoms with E-state index in [1.54, 1.807) is 13.4 Å². The summed E-state index contributed by atoms with van der Waals surface area (Å²) in [5.41, 5.74) is 3.06. The molecule has 1 aliphatic heterocycles. The summed E-state index contributed by atoms with van der Waals surface area (Å²) in [5, 5.41) is 4.16. The van der Waals surface area contributed by atoms with Gasteiger partial charge in [-0.05, 0) is 60.7 Å². The molecule has 3 aromatic heterocycles. The monoisotopic (exact) mass is 430 g/mol. The van der Waals surface area contributed by atoms with Crippen molar-refractivity contribution < 1.29 is 9.15 Å². The van der Waals surface area contributed by atoms with E-state index in [-0.39, 0.29) is 12.1 Å². The molecule has 6 nitrogen and oxygen atoms in total. The van der Waals surface area contributed by atoms with E-state index < -0.39 is 0 Å². The Hall–Kier alpha value is -3.58. The highest BCUT2D eigenvalue weighted by molar-refractivity contribution is 7.80. The van der Waals surface area contributed by atoms with E-state index >= 15 is 0 Å². The SMILES string of the molecule is COc1cccc(-n2cccc2[C@H]2[C@H](c3ccccn3)NC(=S)N2Cc2ccco2)c1. The zero-order valence-electron chi connectivity index (χ0n) is 17.0. The fourth-order valence-corrected chi connectivity index (χ4v) is 4.40. The first-order valence-electron chi connectivity index (χ1n) is 10.1. The predicted molar refractivity (Wildman–Crippen MR) is 122 cm³/mol. The molecule has 5 rings (SSSR count). The van der Waals surface area contributed by atoms with Crippen LogP contribution in [0.3, 0.4) is 0 Å². The van der Waals surface area contributed by atoms with Crippen LogP contribution in [-0.4, -0.2) is 26.7 Å². The van der Waals surface area contributed by atoms with Crippen LogP contribution < -0.4 is 10.1 Å². The van der Waals surface area contributed by atoms with E-state index in [2.05, 4.69) is 44.2 Å². The maximum atomic E-state index is 5.76. The van der Waals surface area contributed by atoms with Crippen LogP contribution in [0.4, 0.5) is 0 Å². The van der Waals surface area contributed by atoms with Gasteiger partial charge in [0.15, 0.2) is 5.11 Å². The number of rotatable bonds is 6. The largest absolute Gasteiger partial charge is 0.497 e. The molecular formula is C24H22N4O2S. The molecule has 0 aliphatic carbocycles. The van der Waals surface area contributed by atoms with Crippen molar-refractivity contribution >= 4 is 17.3 Å². The van der Waals surface area contributed by atoms with E-state index in [9.17, 15) is 0 Å². The maximum absolute atomic E-state index is 5.76. The smallest absolute Gasteiger partial charge is 0.170 e. The third-order valence-corrected chi connectivity index (χ3v) is 5.87. The van der Waals surface area contributed by atoms with E-state index in [1.165, 1.54) is 0 Å². The van der Waals surface area contributed by atoms with Crippen LogP contribution in [0.15, 0.2) is 89.8 Å². The molecule has 0 radical (unpaired) electrons. The normalized spacial score (nSPS) is 18.2. The zero-order chi connectivity index (χ0) is 21.2. The summed E-state index contributed by atoms with van der Waals surface area (Å²) in [6.07, 6.45) is 5.56. The number of hydrogen-bond acceptors (Lipinski definition) is 4. The van der Waals surface area contributed by atoms with Crippen LogP contribution in [0, 0.1) is 0 Å². The zero-order valence-corrected chi connectivity index (χ0v) is 17.8. The van der Waals surface area contributed by atoms with Crippen LogP contribution in [0.25, 0.3) is 5.69 Å². The van der Waals surface area contributed by atoms with Gasteiger partial charge in [0.2, 0.25) is 0 Å². The van der Waals surface area contributed by atoms with Gasteiger partial charge >= 0.3 is 0 Å². The third kappa shape index (κ3) is 3.68. The van der Waals surface area contributed by atoms with Crippen LogP contribution >= 0.6 is 12.2 Å². The Morgan fingerprint density at radius 2 is 2.03 bits per heavy atom. The summed E-state index contributed by atoms with van der Waals surface area (Å²) in [5.74, 6) is 1.67. The van der Waals surface area contributed by atoms with Crippen molar-refractivity contribution in [3.63, 3.8) is 0 Å². The van der Waals surface area contributed by atoms with Crippen LogP contribution in [0.2, 0.25) is 0 Å². The number of thiocarbonyl (C=S) groups is 1. The number of ether oxygens (including phenoxy) is 1. The van der Waals surface area contributed by atoms with Gasteiger partial charge in [-0.2, -0.15) is 0 Å². The Bertz CT molecular complexity index is 1170.